The van der Waals surface area contributed by atoms with Gasteiger partial charge in [-0.25, -0.2) is 4.79 Å². The van der Waals surface area contributed by atoms with Crippen molar-refractivity contribution in [2.45, 2.75) is 19.5 Å². The molecule has 14 heteroatoms. The molecule has 38 heavy (non-hydrogen) atoms. The minimum absolute atomic E-state index is 0. The molecule has 0 aliphatic rings. The highest BCUT2D eigenvalue weighted by atomic mass is 35.5. The Labute approximate surface area is 226 Å². The highest BCUT2D eigenvalue weighted by Gasteiger charge is 2.31. The summed E-state index contributed by atoms with van der Waals surface area (Å²) in [5, 5.41) is 0.519. The van der Waals surface area contributed by atoms with Crippen molar-refractivity contribution < 1.29 is 22.6 Å². The fourth-order valence-corrected chi connectivity index (χ4v) is 3.81. The van der Waals surface area contributed by atoms with Crippen molar-refractivity contribution in [3.8, 4) is 17.5 Å². The number of hydrogen-bond donors (Lipinski definition) is 0. The summed E-state index contributed by atoms with van der Waals surface area (Å²) in [6.07, 6.45) is -4.88. The lowest BCUT2D eigenvalue weighted by Gasteiger charge is -2.13. The van der Waals surface area contributed by atoms with E-state index in [-0.39, 0.29) is 48.4 Å². The zero-order chi connectivity index (χ0) is 26.9. The average molecular weight is 574 g/mol. The maximum Gasteiger partial charge on any atom is 0.573 e. The second-order valence-electron chi connectivity index (χ2n) is 8.51. The highest BCUT2D eigenvalue weighted by molar-refractivity contribution is 6.30. The monoisotopic (exact) mass is 573 g/mol. The van der Waals surface area contributed by atoms with Gasteiger partial charge in [-0.05, 0) is 43.9 Å². The maximum atomic E-state index is 13.5. The first-order chi connectivity index (χ1) is 17.4. The van der Waals surface area contributed by atoms with Crippen LogP contribution in [0.3, 0.4) is 0 Å². The molecular formula is C24H24Cl2F3N5O4. The summed E-state index contributed by atoms with van der Waals surface area (Å²) in [6, 6.07) is 11.7. The van der Waals surface area contributed by atoms with Crippen molar-refractivity contribution in [2.24, 2.45) is 7.05 Å². The summed E-state index contributed by atoms with van der Waals surface area (Å²) >= 11 is 6.00. The van der Waals surface area contributed by atoms with Gasteiger partial charge < -0.3 is 14.4 Å². The van der Waals surface area contributed by atoms with E-state index in [1.165, 1.54) is 28.3 Å². The molecule has 4 rings (SSSR count). The molecule has 204 valence electrons. The molecule has 4 aromatic rings. The summed E-state index contributed by atoms with van der Waals surface area (Å²) in [5.41, 5.74) is -0.194. The molecule has 2 heterocycles. The van der Waals surface area contributed by atoms with E-state index in [2.05, 4.69) is 9.72 Å². The topological polar surface area (TPSA) is 83.5 Å². The normalized spacial score (nSPS) is 11.6. The largest absolute Gasteiger partial charge is 0.573 e. The van der Waals surface area contributed by atoms with Gasteiger partial charge in [-0.15, -0.1) is 25.6 Å². The fraction of sp³-hybridized carbons (Fsp3) is 0.292. The van der Waals surface area contributed by atoms with Gasteiger partial charge in [0.1, 0.15) is 11.5 Å². The van der Waals surface area contributed by atoms with E-state index in [0.29, 0.717) is 11.6 Å². The minimum atomic E-state index is -4.88. The third-order valence-corrected chi connectivity index (χ3v) is 5.72. The Morgan fingerprint density at radius 2 is 1.68 bits per heavy atom. The van der Waals surface area contributed by atoms with Crippen LogP contribution in [0, 0.1) is 0 Å². The molecule has 0 unspecified atom stereocenters. The molecule has 0 radical (unpaired) electrons. The lowest BCUT2D eigenvalue weighted by Crippen LogP contribution is -2.41. The van der Waals surface area contributed by atoms with E-state index in [9.17, 15) is 22.8 Å². The molecule has 2 aromatic heterocycles. The van der Waals surface area contributed by atoms with Gasteiger partial charge in [-0.3, -0.25) is 18.5 Å². The molecule has 9 nitrogen and oxygen atoms in total. The number of alkyl halides is 3. The van der Waals surface area contributed by atoms with Crippen LogP contribution in [-0.2, 0) is 20.1 Å². The number of aryl methyl sites for hydroxylation is 1. The predicted molar refractivity (Wildman–Crippen MR) is 139 cm³/mol. The van der Waals surface area contributed by atoms with E-state index in [1.807, 2.05) is 19.0 Å². The van der Waals surface area contributed by atoms with Crippen molar-refractivity contribution in [3.63, 3.8) is 0 Å². The summed E-state index contributed by atoms with van der Waals surface area (Å²) in [5.74, 6) is -0.490. The maximum absolute atomic E-state index is 13.5. The van der Waals surface area contributed by atoms with E-state index < -0.39 is 23.4 Å². The van der Waals surface area contributed by atoms with E-state index in [1.54, 1.807) is 24.3 Å². The second kappa shape index (κ2) is 11.5. The first kappa shape index (κ1) is 29.1. The smallest absolute Gasteiger partial charge is 0.425 e. The number of ether oxygens (including phenoxy) is 2. The van der Waals surface area contributed by atoms with Crippen LogP contribution in [0.4, 0.5) is 13.2 Å². The number of likely N-dealkylation sites (N-methyl/N-ethyl adjacent to an activating group) is 1. The SMILES string of the molecule is CN(C)CCn1c(=O)c2c(nc(Oc3cccc(OC(F)(F)F)c3)n2Cc2ccc(Cl)cc2)n(C)c1=O.Cl. The summed E-state index contributed by atoms with van der Waals surface area (Å²) < 4.78 is 51.7. The summed E-state index contributed by atoms with van der Waals surface area (Å²) in [7, 11) is 5.13. The highest BCUT2D eigenvalue weighted by Crippen LogP contribution is 2.30. The second-order valence-corrected chi connectivity index (χ2v) is 8.94. The van der Waals surface area contributed by atoms with Crippen LogP contribution in [0.5, 0.6) is 17.5 Å². The average Bonchev–Trinajstić information content (AvgIpc) is 3.16. The van der Waals surface area contributed by atoms with Crippen molar-refractivity contribution in [2.75, 3.05) is 20.6 Å². The number of benzene rings is 2. The van der Waals surface area contributed by atoms with Crippen LogP contribution in [-0.4, -0.2) is 50.6 Å². The molecule has 0 aliphatic carbocycles. The lowest BCUT2D eigenvalue weighted by molar-refractivity contribution is -0.274. The van der Waals surface area contributed by atoms with Crippen LogP contribution >= 0.6 is 24.0 Å². The molecule has 0 N–H and O–H groups in total. The zero-order valence-electron chi connectivity index (χ0n) is 20.5. The standard InChI is InChI=1S/C24H23ClF3N5O4.ClH/c1-30(2)11-12-32-21(34)19-20(31(3)23(32)35)29-22(33(19)14-15-7-9-16(25)10-8-15)36-17-5-4-6-18(13-17)37-24(26,27)28;/h4-10,13H,11-12,14H2,1-3H3;1H. The van der Waals surface area contributed by atoms with Crippen LogP contribution in [0.15, 0.2) is 58.1 Å². The predicted octanol–water partition coefficient (Wildman–Crippen LogP) is 4.27. The number of aromatic nitrogens is 4. The Balaban J connectivity index is 0.00000400. The number of imidazole rings is 1. The Morgan fingerprint density at radius 1 is 1.03 bits per heavy atom. The van der Waals surface area contributed by atoms with Gasteiger partial charge in [0, 0.05) is 31.2 Å². The summed E-state index contributed by atoms with van der Waals surface area (Å²) in [4.78, 5) is 32.7. The van der Waals surface area contributed by atoms with E-state index in [0.717, 1.165) is 22.3 Å². The van der Waals surface area contributed by atoms with Gasteiger partial charge in [0.15, 0.2) is 11.2 Å². The molecule has 2 aromatic carbocycles. The Kier molecular flexibility index (Phi) is 8.80. The van der Waals surface area contributed by atoms with Crippen LogP contribution in [0.25, 0.3) is 11.2 Å². The van der Waals surface area contributed by atoms with Crippen molar-refractivity contribution >= 4 is 35.2 Å². The quantitative estimate of drug-likeness (QED) is 0.313. The van der Waals surface area contributed by atoms with Crippen molar-refractivity contribution in [3.05, 3.63) is 80.0 Å². The molecule has 0 amide bonds. The molecule has 0 fully saturated rings. The molecule has 0 spiro atoms. The van der Waals surface area contributed by atoms with Crippen molar-refractivity contribution in [1.82, 2.24) is 23.6 Å². The van der Waals surface area contributed by atoms with Crippen LogP contribution in [0.2, 0.25) is 5.02 Å². The number of rotatable bonds is 8. The van der Waals surface area contributed by atoms with Crippen LogP contribution < -0.4 is 20.7 Å². The minimum Gasteiger partial charge on any atom is -0.425 e. The van der Waals surface area contributed by atoms with Crippen LogP contribution in [0.1, 0.15) is 5.56 Å². The van der Waals surface area contributed by atoms with Gasteiger partial charge >= 0.3 is 18.1 Å². The molecule has 0 saturated heterocycles. The van der Waals surface area contributed by atoms with Gasteiger partial charge in [0.25, 0.3) is 5.56 Å². The Hall–Kier alpha value is -3.48. The molecule has 0 saturated carbocycles. The number of fused-ring (bicyclic) bond motifs is 1. The van der Waals surface area contributed by atoms with Gasteiger partial charge in [-0.2, -0.15) is 4.98 Å². The van der Waals surface area contributed by atoms with E-state index >= 15 is 0 Å². The molecule has 0 aliphatic heterocycles. The third kappa shape index (κ3) is 6.50. The number of nitrogens with zero attached hydrogens (tertiary/aromatic N) is 5. The summed E-state index contributed by atoms with van der Waals surface area (Å²) in [6.45, 7) is 0.706. The number of halogens is 5. The first-order valence-corrected chi connectivity index (χ1v) is 11.4. The van der Waals surface area contributed by atoms with Gasteiger partial charge in [-0.1, -0.05) is 29.8 Å². The molecular weight excluding hydrogens is 550 g/mol. The number of hydrogen-bond acceptors (Lipinski definition) is 6. The molecule has 0 bridgehead atoms. The van der Waals surface area contributed by atoms with Gasteiger partial charge in [0.2, 0.25) is 0 Å². The lowest BCUT2D eigenvalue weighted by atomic mass is 10.2. The van der Waals surface area contributed by atoms with Crippen molar-refractivity contribution in [1.29, 1.82) is 0 Å². The van der Waals surface area contributed by atoms with Gasteiger partial charge in [0.05, 0.1) is 6.54 Å². The fourth-order valence-electron chi connectivity index (χ4n) is 3.69. The first-order valence-electron chi connectivity index (χ1n) is 11.1. The van der Waals surface area contributed by atoms with E-state index in [4.69, 9.17) is 16.3 Å². The Morgan fingerprint density at radius 3 is 2.32 bits per heavy atom. The Bertz CT molecular complexity index is 1550. The third-order valence-electron chi connectivity index (χ3n) is 5.47. The molecule has 0 atom stereocenters. The zero-order valence-corrected chi connectivity index (χ0v) is 22.1.